The van der Waals surface area contributed by atoms with Gasteiger partial charge in [-0.15, -0.1) is 11.8 Å². The van der Waals surface area contributed by atoms with Crippen molar-refractivity contribution in [3.63, 3.8) is 0 Å². The van der Waals surface area contributed by atoms with Crippen LogP contribution in [0.3, 0.4) is 0 Å². The second-order valence-corrected chi connectivity index (χ2v) is 7.52. The van der Waals surface area contributed by atoms with E-state index in [-0.39, 0.29) is 22.4 Å². The number of ether oxygens (including phenoxy) is 1. The predicted molar refractivity (Wildman–Crippen MR) is 120 cm³/mol. The SMILES string of the molecule is COc1ccc(C)cc1NC(=O)c1ccccc1C(=O)c1ccc(SC)c([N+](=O)[O-])c1. The molecule has 3 rings (SSSR count). The molecule has 31 heavy (non-hydrogen) atoms. The molecule has 8 heteroatoms. The van der Waals surface area contributed by atoms with Crippen LogP contribution in [0.5, 0.6) is 5.75 Å². The Morgan fingerprint density at radius 2 is 1.74 bits per heavy atom. The maximum atomic E-state index is 13.1. The Kier molecular flexibility index (Phi) is 6.71. The van der Waals surface area contributed by atoms with Gasteiger partial charge < -0.3 is 10.1 Å². The molecule has 158 valence electrons. The molecule has 0 aliphatic carbocycles. The minimum Gasteiger partial charge on any atom is -0.495 e. The van der Waals surface area contributed by atoms with Crippen LogP contribution in [-0.2, 0) is 0 Å². The summed E-state index contributed by atoms with van der Waals surface area (Å²) < 4.78 is 5.29. The van der Waals surface area contributed by atoms with Crippen LogP contribution in [0.15, 0.2) is 65.6 Å². The Morgan fingerprint density at radius 3 is 2.39 bits per heavy atom. The lowest BCUT2D eigenvalue weighted by atomic mass is 9.97. The molecule has 0 radical (unpaired) electrons. The fourth-order valence-electron chi connectivity index (χ4n) is 3.12. The molecule has 0 aliphatic rings. The molecule has 3 aromatic carbocycles. The van der Waals surface area contributed by atoms with Crippen LogP contribution in [-0.4, -0.2) is 30.0 Å². The number of nitro groups is 1. The van der Waals surface area contributed by atoms with E-state index in [9.17, 15) is 19.7 Å². The summed E-state index contributed by atoms with van der Waals surface area (Å²) in [5, 5.41) is 14.1. The van der Waals surface area contributed by atoms with Crippen molar-refractivity contribution in [2.75, 3.05) is 18.7 Å². The molecule has 0 aliphatic heterocycles. The molecule has 0 saturated carbocycles. The smallest absolute Gasteiger partial charge is 0.283 e. The molecule has 0 bridgehead atoms. The van der Waals surface area contributed by atoms with Crippen molar-refractivity contribution < 1.29 is 19.2 Å². The Hall–Kier alpha value is -3.65. The average molecular weight is 436 g/mol. The number of thioether (sulfide) groups is 1. The van der Waals surface area contributed by atoms with Crippen molar-refractivity contribution in [1.82, 2.24) is 0 Å². The van der Waals surface area contributed by atoms with Gasteiger partial charge >= 0.3 is 0 Å². The number of carbonyl (C=O) groups excluding carboxylic acids is 2. The number of anilines is 1. The number of aryl methyl sites for hydroxylation is 1. The van der Waals surface area contributed by atoms with Crippen LogP contribution in [0.25, 0.3) is 0 Å². The largest absolute Gasteiger partial charge is 0.495 e. The first-order valence-electron chi connectivity index (χ1n) is 9.28. The third kappa shape index (κ3) is 4.75. The Morgan fingerprint density at radius 1 is 1.03 bits per heavy atom. The van der Waals surface area contributed by atoms with Crippen molar-refractivity contribution in [2.45, 2.75) is 11.8 Å². The summed E-state index contributed by atoms with van der Waals surface area (Å²) in [4.78, 5) is 37.4. The number of hydrogen-bond acceptors (Lipinski definition) is 6. The number of rotatable bonds is 7. The summed E-state index contributed by atoms with van der Waals surface area (Å²) in [6.07, 6.45) is 1.73. The highest BCUT2D eigenvalue weighted by Crippen LogP contribution is 2.30. The summed E-state index contributed by atoms with van der Waals surface area (Å²) >= 11 is 1.22. The fourth-order valence-corrected chi connectivity index (χ4v) is 3.66. The van der Waals surface area contributed by atoms with Crippen molar-refractivity contribution in [1.29, 1.82) is 0 Å². The standard InChI is InChI=1S/C23H20N2O5S/c1-14-8-10-20(30-2)18(12-14)24-23(27)17-7-5-4-6-16(17)22(26)15-9-11-21(31-3)19(13-15)25(28)29/h4-13H,1-3H3,(H,24,27). The molecule has 0 aromatic heterocycles. The molecule has 0 atom stereocenters. The van der Waals surface area contributed by atoms with Crippen molar-refractivity contribution in [3.8, 4) is 5.75 Å². The second kappa shape index (κ2) is 9.44. The lowest BCUT2D eigenvalue weighted by Gasteiger charge is -2.13. The molecule has 1 N–H and O–H groups in total. The minimum atomic E-state index is -0.523. The maximum absolute atomic E-state index is 13.1. The molecule has 3 aromatic rings. The number of nitrogens with zero attached hydrogens (tertiary/aromatic N) is 1. The zero-order chi connectivity index (χ0) is 22.5. The third-order valence-corrected chi connectivity index (χ3v) is 5.44. The Bertz CT molecular complexity index is 1180. The average Bonchev–Trinajstić information content (AvgIpc) is 2.78. The molecule has 7 nitrogen and oxygen atoms in total. The van der Waals surface area contributed by atoms with E-state index in [1.54, 1.807) is 30.5 Å². The third-order valence-electron chi connectivity index (χ3n) is 4.66. The highest BCUT2D eigenvalue weighted by Gasteiger charge is 2.22. The van der Waals surface area contributed by atoms with Gasteiger partial charge in [0.1, 0.15) is 5.75 Å². The number of benzene rings is 3. The summed E-state index contributed by atoms with van der Waals surface area (Å²) in [5.74, 6) is -0.466. The van der Waals surface area contributed by atoms with E-state index in [0.717, 1.165) is 5.56 Å². The van der Waals surface area contributed by atoms with Crippen molar-refractivity contribution in [2.24, 2.45) is 0 Å². The molecule has 0 spiro atoms. The van der Waals surface area contributed by atoms with E-state index in [1.165, 1.54) is 49.2 Å². The van der Waals surface area contributed by atoms with Crippen LogP contribution in [0.2, 0.25) is 0 Å². The van der Waals surface area contributed by atoms with E-state index in [0.29, 0.717) is 16.3 Å². The van der Waals surface area contributed by atoms with Crippen LogP contribution >= 0.6 is 11.8 Å². The molecule has 0 saturated heterocycles. The molecule has 0 heterocycles. The normalized spacial score (nSPS) is 10.4. The fraction of sp³-hybridized carbons (Fsp3) is 0.130. The maximum Gasteiger partial charge on any atom is 0.283 e. The van der Waals surface area contributed by atoms with E-state index in [4.69, 9.17) is 4.74 Å². The van der Waals surface area contributed by atoms with Crippen molar-refractivity contribution >= 4 is 34.8 Å². The number of hydrogen-bond donors (Lipinski definition) is 1. The second-order valence-electron chi connectivity index (χ2n) is 6.68. The lowest BCUT2D eigenvalue weighted by Crippen LogP contribution is -2.17. The number of nitrogens with one attached hydrogen (secondary N) is 1. The van der Waals surface area contributed by atoms with E-state index in [2.05, 4.69) is 5.32 Å². The Labute approximate surface area is 183 Å². The first kappa shape index (κ1) is 22.0. The topological polar surface area (TPSA) is 98.5 Å². The quantitative estimate of drug-likeness (QED) is 0.239. The molecular weight excluding hydrogens is 416 g/mol. The number of methoxy groups -OCH3 is 1. The molecule has 0 unspecified atom stereocenters. The van der Waals surface area contributed by atoms with Crippen LogP contribution in [0, 0.1) is 17.0 Å². The predicted octanol–water partition coefficient (Wildman–Crippen LogP) is 5.12. The number of carbonyl (C=O) groups is 2. The van der Waals surface area contributed by atoms with Crippen molar-refractivity contribution in [3.05, 3.63) is 93.0 Å². The summed E-state index contributed by atoms with van der Waals surface area (Å²) in [6, 6.07) is 16.0. The first-order valence-corrected chi connectivity index (χ1v) is 10.5. The highest BCUT2D eigenvalue weighted by molar-refractivity contribution is 7.98. The van der Waals surface area contributed by atoms with Gasteiger partial charge in [0.05, 0.1) is 28.2 Å². The molecular formula is C23H20N2O5S. The lowest BCUT2D eigenvalue weighted by molar-refractivity contribution is -0.387. The van der Waals surface area contributed by atoms with Gasteiger partial charge in [-0.2, -0.15) is 0 Å². The van der Waals surface area contributed by atoms with Crippen LogP contribution in [0.4, 0.5) is 11.4 Å². The number of nitro benzene ring substituents is 1. The van der Waals surface area contributed by atoms with Gasteiger partial charge in [-0.05, 0) is 49.1 Å². The van der Waals surface area contributed by atoms with Gasteiger partial charge in [0.15, 0.2) is 5.78 Å². The van der Waals surface area contributed by atoms with Gasteiger partial charge in [0, 0.05) is 17.2 Å². The highest BCUT2D eigenvalue weighted by atomic mass is 32.2. The van der Waals surface area contributed by atoms with Crippen LogP contribution in [0.1, 0.15) is 31.8 Å². The van der Waals surface area contributed by atoms with Gasteiger partial charge in [-0.25, -0.2) is 0 Å². The van der Waals surface area contributed by atoms with E-state index in [1.807, 2.05) is 13.0 Å². The van der Waals surface area contributed by atoms with Gasteiger partial charge in [0.25, 0.3) is 11.6 Å². The van der Waals surface area contributed by atoms with Gasteiger partial charge in [-0.1, -0.05) is 24.3 Å². The summed E-state index contributed by atoms with van der Waals surface area (Å²) in [7, 11) is 1.50. The molecule has 0 fully saturated rings. The number of amides is 1. The Balaban J connectivity index is 1.98. The zero-order valence-electron chi connectivity index (χ0n) is 17.2. The van der Waals surface area contributed by atoms with Crippen LogP contribution < -0.4 is 10.1 Å². The van der Waals surface area contributed by atoms with Gasteiger partial charge in [-0.3, -0.25) is 19.7 Å². The van der Waals surface area contributed by atoms with E-state index >= 15 is 0 Å². The van der Waals surface area contributed by atoms with Gasteiger partial charge in [0.2, 0.25) is 0 Å². The van der Waals surface area contributed by atoms with E-state index < -0.39 is 16.6 Å². The number of ketones is 1. The summed E-state index contributed by atoms with van der Waals surface area (Å²) in [5.41, 5.74) is 1.71. The minimum absolute atomic E-state index is 0.137. The zero-order valence-corrected chi connectivity index (χ0v) is 18.0. The molecule has 1 amide bonds. The monoisotopic (exact) mass is 436 g/mol. The summed E-state index contributed by atoms with van der Waals surface area (Å²) in [6.45, 7) is 1.89. The first-order chi connectivity index (χ1) is 14.8.